The molecule has 0 radical (unpaired) electrons. The summed E-state index contributed by atoms with van der Waals surface area (Å²) in [5.41, 5.74) is 0. The quantitative estimate of drug-likeness (QED) is 0.0197. The average Bonchev–Trinajstić information content (AvgIpc) is 3.41. The summed E-state index contributed by atoms with van der Waals surface area (Å²) in [6.45, 7) is 4.42. The Bertz CT molecular complexity index is 1600. The molecule has 76 heavy (non-hydrogen) atoms. The van der Waals surface area contributed by atoms with Crippen molar-refractivity contribution in [2.45, 2.75) is 277 Å². The second-order valence-electron chi connectivity index (χ2n) is 20.1. The number of carbonyl (C=O) groups is 3. The number of phosphoric ester groups is 1. The minimum absolute atomic E-state index is 0.0670. The molecule has 0 saturated carbocycles. The predicted octanol–water partition coefficient (Wildman–Crippen LogP) is 18.3. The molecule has 0 heterocycles. The van der Waals surface area contributed by atoms with Crippen LogP contribution in [-0.2, 0) is 42.2 Å². The third kappa shape index (κ3) is 55.4. The van der Waals surface area contributed by atoms with Gasteiger partial charge in [0.05, 0.1) is 26.2 Å². The minimum atomic E-state index is -4.78. The number of allylic oxidation sites excluding steroid dienone is 13. The molecule has 438 valence electrons. The normalized spacial score (nSPS) is 13.9. The van der Waals surface area contributed by atoms with Gasteiger partial charge in [-0.2, -0.15) is 0 Å². The van der Waals surface area contributed by atoms with Crippen molar-refractivity contribution in [2.24, 2.45) is 0 Å². The largest absolute Gasteiger partial charge is 0.472 e. The molecule has 0 saturated heterocycles. The Hall–Kier alpha value is -3.34. The van der Waals surface area contributed by atoms with Crippen LogP contribution in [0.25, 0.3) is 0 Å². The average molecular weight is 1090 g/mol. The van der Waals surface area contributed by atoms with E-state index in [0.717, 1.165) is 83.5 Å². The van der Waals surface area contributed by atoms with Gasteiger partial charge in [0.25, 0.3) is 0 Å². The Balaban J connectivity index is 4.78. The van der Waals surface area contributed by atoms with Crippen LogP contribution in [0.4, 0.5) is 0 Å². The van der Waals surface area contributed by atoms with Crippen molar-refractivity contribution in [3.8, 4) is 0 Å². The predicted molar refractivity (Wildman–Crippen MR) is 316 cm³/mol. The van der Waals surface area contributed by atoms with E-state index in [1.165, 1.54) is 122 Å². The van der Waals surface area contributed by atoms with Gasteiger partial charge >= 0.3 is 25.7 Å². The van der Waals surface area contributed by atoms with E-state index < -0.39 is 57.8 Å². The number of carbonyl (C=O) groups excluding carboxylic acids is 3. The zero-order valence-electron chi connectivity index (χ0n) is 48.5. The van der Waals surface area contributed by atoms with Gasteiger partial charge in [0.2, 0.25) is 0 Å². The van der Waals surface area contributed by atoms with E-state index in [1.54, 1.807) is 6.08 Å². The SMILES string of the molecule is CC/C=C\C/C=C\C/C=C\C/C=C\C/C=C\CC(=O)OC(COC(=O)CCCCCCCCCCC/C=C\CCCCCCCC)COP(=O)(O)OCC(CO)OC(=O)CCCCCCC/C=C\CCCCCCCC. The number of hydrogen-bond donors (Lipinski definition) is 2. The molecule has 0 rings (SSSR count). The molecule has 0 aromatic heterocycles. The van der Waals surface area contributed by atoms with Crippen molar-refractivity contribution in [2.75, 3.05) is 26.4 Å². The zero-order chi connectivity index (χ0) is 55.5. The highest BCUT2D eigenvalue weighted by atomic mass is 31.2. The van der Waals surface area contributed by atoms with E-state index in [4.69, 9.17) is 23.3 Å². The number of esters is 3. The fraction of sp³-hybridized carbons (Fsp3) is 0.734. The molecule has 0 aromatic carbocycles. The van der Waals surface area contributed by atoms with Crippen molar-refractivity contribution in [3.05, 3.63) is 85.1 Å². The Kier molecular flexibility index (Phi) is 55.3. The van der Waals surface area contributed by atoms with E-state index >= 15 is 0 Å². The van der Waals surface area contributed by atoms with Crippen LogP contribution in [0.5, 0.6) is 0 Å². The number of aliphatic hydroxyl groups excluding tert-OH is 1. The summed E-state index contributed by atoms with van der Waals surface area (Å²) in [6, 6.07) is 0. The first-order valence-corrected chi connectivity index (χ1v) is 32.0. The molecule has 0 spiro atoms. The lowest BCUT2D eigenvalue weighted by atomic mass is 10.1. The topological polar surface area (TPSA) is 155 Å². The summed E-state index contributed by atoms with van der Waals surface area (Å²) < 4.78 is 39.4. The highest BCUT2D eigenvalue weighted by molar-refractivity contribution is 7.47. The molecule has 11 nitrogen and oxygen atoms in total. The second-order valence-corrected chi connectivity index (χ2v) is 21.6. The lowest BCUT2D eigenvalue weighted by molar-refractivity contribution is -0.160. The van der Waals surface area contributed by atoms with Crippen LogP contribution in [0.3, 0.4) is 0 Å². The van der Waals surface area contributed by atoms with Crippen LogP contribution < -0.4 is 0 Å². The number of aliphatic hydroxyl groups is 1. The first-order chi connectivity index (χ1) is 37.2. The highest BCUT2D eigenvalue weighted by Gasteiger charge is 2.28. The monoisotopic (exact) mass is 1090 g/mol. The molecule has 0 aliphatic heterocycles. The maximum absolute atomic E-state index is 12.9. The second kappa shape index (κ2) is 57.8. The van der Waals surface area contributed by atoms with Crippen LogP contribution in [-0.4, -0.2) is 66.5 Å². The van der Waals surface area contributed by atoms with E-state index in [-0.39, 0.29) is 25.9 Å². The summed E-state index contributed by atoms with van der Waals surface area (Å²) in [4.78, 5) is 48.5. The van der Waals surface area contributed by atoms with E-state index in [1.807, 2.05) is 12.2 Å². The summed E-state index contributed by atoms with van der Waals surface area (Å²) in [5.74, 6) is -1.62. The molecule has 3 atom stereocenters. The van der Waals surface area contributed by atoms with Gasteiger partial charge in [-0.3, -0.25) is 23.4 Å². The van der Waals surface area contributed by atoms with Gasteiger partial charge in [-0.25, -0.2) is 4.57 Å². The first kappa shape index (κ1) is 72.7. The number of unbranched alkanes of at least 4 members (excludes halogenated alkanes) is 26. The maximum Gasteiger partial charge on any atom is 0.472 e. The van der Waals surface area contributed by atoms with Crippen molar-refractivity contribution >= 4 is 25.7 Å². The van der Waals surface area contributed by atoms with Crippen LogP contribution >= 0.6 is 7.82 Å². The highest BCUT2D eigenvalue weighted by Crippen LogP contribution is 2.43. The van der Waals surface area contributed by atoms with Gasteiger partial charge < -0.3 is 24.2 Å². The molecule has 12 heteroatoms. The molecule has 2 N–H and O–H groups in total. The summed E-state index contributed by atoms with van der Waals surface area (Å²) in [6.07, 6.45) is 67.1. The fourth-order valence-electron chi connectivity index (χ4n) is 8.19. The van der Waals surface area contributed by atoms with Crippen LogP contribution in [0.2, 0.25) is 0 Å². The molecule has 0 bridgehead atoms. The third-order valence-electron chi connectivity index (χ3n) is 12.8. The Morgan fingerprint density at radius 1 is 0.395 bits per heavy atom. The molecule has 0 amide bonds. The third-order valence-corrected chi connectivity index (χ3v) is 13.8. The van der Waals surface area contributed by atoms with Crippen molar-refractivity contribution < 1.29 is 52.2 Å². The van der Waals surface area contributed by atoms with Gasteiger partial charge in [-0.05, 0) is 96.3 Å². The van der Waals surface area contributed by atoms with E-state index in [2.05, 4.69) is 87.6 Å². The van der Waals surface area contributed by atoms with Gasteiger partial charge in [0.15, 0.2) is 6.10 Å². The fourth-order valence-corrected chi connectivity index (χ4v) is 8.97. The lowest BCUT2D eigenvalue weighted by Gasteiger charge is -2.21. The lowest BCUT2D eigenvalue weighted by Crippen LogP contribution is -2.30. The summed E-state index contributed by atoms with van der Waals surface area (Å²) in [5, 5.41) is 9.82. The molecule has 0 aromatic rings. The van der Waals surface area contributed by atoms with Crippen LogP contribution in [0.1, 0.15) is 265 Å². The zero-order valence-corrected chi connectivity index (χ0v) is 49.3. The van der Waals surface area contributed by atoms with Crippen LogP contribution in [0.15, 0.2) is 85.1 Å². The van der Waals surface area contributed by atoms with E-state index in [9.17, 15) is 28.9 Å². The number of hydrogen-bond acceptors (Lipinski definition) is 10. The molecular weight excluding hydrogens is 976 g/mol. The Morgan fingerprint density at radius 3 is 1.14 bits per heavy atom. The molecule has 3 unspecified atom stereocenters. The first-order valence-electron chi connectivity index (χ1n) is 30.5. The molecular formula is C64H111O11P. The Labute approximate surface area is 464 Å². The van der Waals surface area contributed by atoms with Gasteiger partial charge in [-0.1, -0.05) is 234 Å². The van der Waals surface area contributed by atoms with Crippen molar-refractivity contribution in [1.82, 2.24) is 0 Å². The maximum atomic E-state index is 12.9. The Morgan fingerprint density at radius 2 is 0.737 bits per heavy atom. The molecule has 0 fully saturated rings. The molecule has 0 aliphatic rings. The minimum Gasteiger partial charge on any atom is -0.462 e. The van der Waals surface area contributed by atoms with E-state index in [0.29, 0.717) is 19.3 Å². The van der Waals surface area contributed by atoms with Crippen LogP contribution in [0, 0.1) is 0 Å². The number of phosphoric acid groups is 1. The standard InChI is InChI=1S/C64H111O11P/c1-4-7-10-13-16-19-22-25-28-29-30-31-34-35-38-41-44-47-50-53-62(66)71-57-61(75-64(68)55-52-49-46-43-40-37-33-27-24-21-18-15-12-9-6-3)59-73-76(69,70)72-58-60(56-65)74-63(67)54-51-48-45-42-39-36-32-26-23-20-17-14-11-8-5-2/h9,12,18,21,25-28,32-33,40,43,49,52,60-61,65H,4-8,10-11,13-17,19-20,22-24,29-31,34-39,41-42,44-48,50-51,53-59H2,1-3H3,(H,69,70)/b12-9-,21-18-,28-25-,32-26-,33-27-,43-40-,52-49-. The summed E-state index contributed by atoms with van der Waals surface area (Å²) >= 11 is 0. The van der Waals surface area contributed by atoms with Gasteiger partial charge in [0, 0.05) is 12.8 Å². The smallest absolute Gasteiger partial charge is 0.462 e. The number of rotatable bonds is 56. The van der Waals surface area contributed by atoms with Gasteiger partial charge in [0.1, 0.15) is 12.7 Å². The number of ether oxygens (including phenoxy) is 3. The van der Waals surface area contributed by atoms with Gasteiger partial charge in [-0.15, -0.1) is 0 Å². The van der Waals surface area contributed by atoms with Crippen molar-refractivity contribution in [3.63, 3.8) is 0 Å². The van der Waals surface area contributed by atoms with Crippen molar-refractivity contribution in [1.29, 1.82) is 0 Å². The summed E-state index contributed by atoms with van der Waals surface area (Å²) in [7, 11) is -4.78. The molecule has 0 aliphatic carbocycles.